The first-order valence-corrected chi connectivity index (χ1v) is 8.75. The number of hydrogen-bond acceptors (Lipinski definition) is 2. The highest BCUT2D eigenvalue weighted by Crippen LogP contribution is 2.35. The Kier molecular flexibility index (Phi) is 5.91. The van der Waals surface area contributed by atoms with E-state index in [-0.39, 0.29) is 6.04 Å². The lowest BCUT2D eigenvalue weighted by Gasteiger charge is -2.28. The van der Waals surface area contributed by atoms with Crippen LogP contribution in [0.5, 0.6) is 0 Å². The zero-order valence-electron chi connectivity index (χ0n) is 12.7. The van der Waals surface area contributed by atoms with Crippen LogP contribution in [0.25, 0.3) is 0 Å². The fraction of sp³-hybridized carbons (Fsp3) is 0.647. The molecule has 1 aromatic rings. The minimum atomic E-state index is 0.260. The Labute approximate surface area is 131 Å². The Morgan fingerprint density at radius 2 is 2.10 bits per heavy atom. The Hall–Kier alpha value is -0.540. The second-order valence-electron chi connectivity index (χ2n) is 5.92. The highest BCUT2D eigenvalue weighted by atomic mass is 79.9. The summed E-state index contributed by atoms with van der Waals surface area (Å²) in [6.07, 6.45) is 7.22. The summed E-state index contributed by atoms with van der Waals surface area (Å²) in [4.78, 5) is 2.62. The van der Waals surface area contributed by atoms with Gasteiger partial charge < -0.3 is 10.6 Å². The summed E-state index contributed by atoms with van der Waals surface area (Å²) in [5.74, 6) is 0. The molecule has 1 atom stereocenters. The van der Waals surface area contributed by atoms with Crippen LogP contribution in [0.4, 0.5) is 5.69 Å². The number of rotatable bonds is 8. The monoisotopic (exact) mass is 338 g/mol. The molecule has 0 radical (unpaired) electrons. The molecule has 1 unspecified atom stereocenters. The van der Waals surface area contributed by atoms with Crippen molar-refractivity contribution in [3.8, 4) is 0 Å². The Morgan fingerprint density at radius 3 is 2.70 bits per heavy atom. The van der Waals surface area contributed by atoms with Crippen LogP contribution >= 0.6 is 15.9 Å². The second-order valence-corrected chi connectivity index (χ2v) is 6.84. The molecule has 1 aliphatic carbocycles. The summed E-state index contributed by atoms with van der Waals surface area (Å²) in [7, 11) is 0. The average Bonchev–Trinajstić information content (AvgIpc) is 3.25. The van der Waals surface area contributed by atoms with Crippen LogP contribution in [0.2, 0.25) is 0 Å². The van der Waals surface area contributed by atoms with Crippen molar-refractivity contribution in [2.75, 3.05) is 11.4 Å². The molecular weight excluding hydrogens is 312 g/mol. The third kappa shape index (κ3) is 4.23. The molecule has 0 heterocycles. The van der Waals surface area contributed by atoms with Crippen LogP contribution in [-0.4, -0.2) is 18.6 Å². The zero-order chi connectivity index (χ0) is 14.5. The number of nitrogens with two attached hydrogens (primary N) is 1. The number of hydrogen-bond donors (Lipinski definition) is 1. The van der Waals surface area contributed by atoms with Gasteiger partial charge in [0.05, 0.1) is 0 Å². The van der Waals surface area contributed by atoms with E-state index in [1.807, 2.05) is 0 Å². The molecule has 1 fully saturated rings. The fourth-order valence-corrected chi connectivity index (χ4v) is 3.05. The van der Waals surface area contributed by atoms with Crippen LogP contribution in [-0.2, 0) is 6.42 Å². The summed E-state index contributed by atoms with van der Waals surface area (Å²) in [5, 5.41) is 0. The van der Waals surface area contributed by atoms with Gasteiger partial charge in [-0.15, -0.1) is 0 Å². The molecule has 1 aromatic carbocycles. The maximum Gasteiger partial charge on any atom is 0.0402 e. The van der Waals surface area contributed by atoms with Gasteiger partial charge >= 0.3 is 0 Å². The summed E-state index contributed by atoms with van der Waals surface area (Å²) in [6, 6.07) is 7.72. The van der Waals surface area contributed by atoms with E-state index in [4.69, 9.17) is 5.73 Å². The molecule has 0 aromatic heterocycles. The van der Waals surface area contributed by atoms with Gasteiger partial charge in [-0.1, -0.05) is 36.2 Å². The van der Waals surface area contributed by atoms with Crippen molar-refractivity contribution in [1.82, 2.24) is 0 Å². The van der Waals surface area contributed by atoms with Crippen LogP contribution in [0.3, 0.4) is 0 Å². The maximum atomic E-state index is 6.18. The van der Waals surface area contributed by atoms with Crippen molar-refractivity contribution < 1.29 is 0 Å². The minimum absolute atomic E-state index is 0.260. The van der Waals surface area contributed by atoms with E-state index in [1.165, 1.54) is 43.5 Å². The van der Waals surface area contributed by atoms with Gasteiger partial charge in [0.1, 0.15) is 0 Å². The van der Waals surface area contributed by atoms with E-state index in [0.717, 1.165) is 23.4 Å². The number of halogens is 1. The SMILES string of the molecule is CCCCN(c1ccc(Br)cc1CC(N)CC)C1CC1. The predicted octanol–water partition coefficient (Wildman–Crippen LogP) is 4.50. The molecule has 0 spiro atoms. The van der Waals surface area contributed by atoms with E-state index in [9.17, 15) is 0 Å². The lowest BCUT2D eigenvalue weighted by Crippen LogP contribution is -2.29. The van der Waals surface area contributed by atoms with E-state index in [2.05, 4.69) is 52.9 Å². The topological polar surface area (TPSA) is 29.3 Å². The number of nitrogens with zero attached hydrogens (tertiary/aromatic N) is 1. The van der Waals surface area contributed by atoms with E-state index >= 15 is 0 Å². The Balaban J connectivity index is 2.22. The van der Waals surface area contributed by atoms with Gasteiger partial charge in [0.2, 0.25) is 0 Å². The molecule has 1 saturated carbocycles. The Bertz CT molecular complexity index is 429. The van der Waals surface area contributed by atoms with Crippen LogP contribution < -0.4 is 10.6 Å². The van der Waals surface area contributed by atoms with E-state index < -0.39 is 0 Å². The van der Waals surface area contributed by atoms with Crippen molar-refractivity contribution in [3.63, 3.8) is 0 Å². The smallest absolute Gasteiger partial charge is 0.0402 e. The molecule has 1 aliphatic rings. The first-order chi connectivity index (χ1) is 9.65. The molecule has 2 nitrogen and oxygen atoms in total. The molecule has 20 heavy (non-hydrogen) atoms. The highest BCUT2D eigenvalue weighted by Gasteiger charge is 2.30. The van der Waals surface area contributed by atoms with Gasteiger partial charge in [-0.3, -0.25) is 0 Å². The van der Waals surface area contributed by atoms with Crippen molar-refractivity contribution in [2.45, 2.75) is 64.5 Å². The summed E-state index contributed by atoms with van der Waals surface area (Å²) >= 11 is 3.60. The summed E-state index contributed by atoms with van der Waals surface area (Å²) < 4.78 is 1.16. The van der Waals surface area contributed by atoms with Gasteiger partial charge in [-0.2, -0.15) is 0 Å². The third-order valence-electron chi connectivity index (χ3n) is 4.10. The molecule has 0 aliphatic heterocycles. The normalized spacial score (nSPS) is 16.2. The predicted molar refractivity (Wildman–Crippen MR) is 91.4 cm³/mol. The molecule has 0 bridgehead atoms. The second kappa shape index (κ2) is 7.46. The van der Waals surface area contributed by atoms with E-state index in [1.54, 1.807) is 0 Å². The largest absolute Gasteiger partial charge is 0.368 e. The summed E-state index contributed by atoms with van der Waals surface area (Å²) in [5.41, 5.74) is 8.99. The van der Waals surface area contributed by atoms with Gasteiger partial charge in [0.15, 0.2) is 0 Å². The van der Waals surface area contributed by atoms with Gasteiger partial charge in [-0.05, 0) is 55.9 Å². The van der Waals surface area contributed by atoms with Crippen LogP contribution in [0.15, 0.2) is 22.7 Å². The number of unbranched alkanes of at least 4 members (excludes halogenated alkanes) is 1. The van der Waals surface area contributed by atoms with Crippen molar-refractivity contribution in [1.29, 1.82) is 0 Å². The van der Waals surface area contributed by atoms with E-state index in [0.29, 0.717) is 0 Å². The highest BCUT2D eigenvalue weighted by molar-refractivity contribution is 9.10. The van der Waals surface area contributed by atoms with Crippen LogP contribution in [0, 0.1) is 0 Å². The van der Waals surface area contributed by atoms with Crippen molar-refractivity contribution in [3.05, 3.63) is 28.2 Å². The first-order valence-electron chi connectivity index (χ1n) is 7.96. The fourth-order valence-electron chi connectivity index (χ4n) is 2.64. The number of benzene rings is 1. The lowest BCUT2D eigenvalue weighted by atomic mass is 10.0. The molecule has 3 heteroatoms. The average molecular weight is 339 g/mol. The van der Waals surface area contributed by atoms with Crippen molar-refractivity contribution >= 4 is 21.6 Å². The van der Waals surface area contributed by atoms with Gasteiger partial charge in [-0.25, -0.2) is 0 Å². The molecule has 0 saturated heterocycles. The quantitative estimate of drug-likeness (QED) is 0.756. The zero-order valence-corrected chi connectivity index (χ0v) is 14.3. The van der Waals surface area contributed by atoms with Crippen LogP contribution in [0.1, 0.15) is 51.5 Å². The summed E-state index contributed by atoms with van der Waals surface area (Å²) in [6.45, 7) is 5.61. The maximum absolute atomic E-state index is 6.18. The molecular formula is C17H27BrN2. The Morgan fingerprint density at radius 1 is 1.35 bits per heavy atom. The van der Waals surface area contributed by atoms with Gasteiger partial charge in [0, 0.05) is 28.8 Å². The first kappa shape index (κ1) is 15.8. The molecule has 0 amide bonds. The molecule has 2 rings (SSSR count). The third-order valence-corrected chi connectivity index (χ3v) is 4.59. The standard InChI is InChI=1S/C17H27BrN2/c1-3-5-10-20(16-7-8-16)17-9-6-14(18)11-13(17)12-15(19)4-2/h6,9,11,15-16H,3-5,7-8,10,12,19H2,1-2H3. The minimum Gasteiger partial charge on any atom is -0.368 e. The lowest BCUT2D eigenvalue weighted by molar-refractivity contribution is 0.640. The molecule has 112 valence electrons. The molecule has 2 N–H and O–H groups in total. The number of anilines is 1. The van der Waals surface area contributed by atoms with Crippen molar-refractivity contribution in [2.24, 2.45) is 5.73 Å². The van der Waals surface area contributed by atoms with Gasteiger partial charge in [0.25, 0.3) is 0 Å².